The van der Waals surface area contributed by atoms with E-state index in [2.05, 4.69) is 27.6 Å². The molecule has 4 rings (SSSR count). The Balaban J connectivity index is 1.63. The standard InChI is InChI=1S/C21H21ClN4OS/c1-14(20(27)23-17-9-10-17)28-21-25-24-19(13-15-5-3-2-4-6-15)26(21)18-11-7-16(22)8-12-18/h2-8,11-12,14,17H,9-10,13H2,1H3,(H,23,27). The highest BCUT2D eigenvalue weighted by Crippen LogP contribution is 2.28. The van der Waals surface area contributed by atoms with E-state index in [1.165, 1.54) is 11.8 Å². The molecule has 144 valence electrons. The molecular formula is C21H21ClN4OS. The monoisotopic (exact) mass is 412 g/mol. The van der Waals surface area contributed by atoms with E-state index in [0.29, 0.717) is 22.6 Å². The van der Waals surface area contributed by atoms with Crippen molar-refractivity contribution >= 4 is 29.3 Å². The molecule has 0 bridgehead atoms. The lowest BCUT2D eigenvalue weighted by atomic mass is 10.1. The summed E-state index contributed by atoms with van der Waals surface area (Å²) in [6, 6.07) is 18.1. The highest BCUT2D eigenvalue weighted by molar-refractivity contribution is 8.00. The first kappa shape index (κ1) is 19.0. The van der Waals surface area contributed by atoms with Crippen molar-refractivity contribution in [1.29, 1.82) is 0 Å². The summed E-state index contributed by atoms with van der Waals surface area (Å²) in [5.41, 5.74) is 2.08. The van der Waals surface area contributed by atoms with Crippen LogP contribution in [0.15, 0.2) is 59.8 Å². The zero-order valence-corrected chi connectivity index (χ0v) is 17.1. The van der Waals surface area contributed by atoms with Gasteiger partial charge in [-0.3, -0.25) is 9.36 Å². The van der Waals surface area contributed by atoms with Crippen molar-refractivity contribution in [2.75, 3.05) is 0 Å². The van der Waals surface area contributed by atoms with Gasteiger partial charge in [-0.2, -0.15) is 0 Å². The molecule has 1 N–H and O–H groups in total. The first-order valence-corrected chi connectivity index (χ1v) is 10.6. The van der Waals surface area contributed by atoms with Crippen LogP contribution in [0.25, 0.3) is 5.69 Å². The van der Waals surface area contributed by atoms with Crippen molar-refractivity contribution in [2.45, 2.75) is 42.6 Å². The molecule has 0 radical (unpaired) electrons. The van der Waals surface area contributed by atoms with Gasteiger partial charge in [0.05, 0.1) is 5.25 Å². The van der Waals surface area contributed by atoms with E-state index in [1.807, 2.05) is 54.0 Å². The molecule has 28 heavy (non-hydrogen) atoms. The van der Waals surface area contributed by atoms with Gasteiger partial charge in [-0.05, 0) is 49.6 Å². The minimum atomic E-state index is -0.250. The summed E-state index contributed by atoms with van der Waals surface area (Å²) in [6.45, 7) is 1.90. The summed E-state index contributed by atoms with van der Waals surface area (Å²) in [5.74, 6) is 0.869. The minimum Gasteiger partial charge on any atom is -0.352 e. The van der Waals surface area contributed by atoms with Crippen molar-refractivity contribution in [3.05, 3.63) is 71.0 Å². The van der Waals surface area contributed by atoms with Crippen LogP contribution in [-0.2, 0) is 11.2 Å². The fourth-order valence-electron chi connectivity index (χ4n) is 2.88. The highest BCUT2D eigenvalue weighted by Gasteiger charge is 2.27. The van der Waals surface area contributed by atoms with Crippen molar-refractivity contribution in [2.24, 2.45) is 0 Å². The number of nitrogens with one attached hydrogen (secondary N) is 1. The molecule has 0 saturated heterocycles. The van der Waals surface area contributed by atoms with Crippen LogP contribution in [-0.4, -0.2) is 32.0 Å². The van der Waals surface area contributed by atoms with E-state index in [4.69, 9.17) is 11.6 Å². The lowest BCUT2D eigenvalue weighted by Crippen LogP contribution is -2.32. The second-order valence-corrected chi connectivity index (χ2v) is 8.66. The maximum absolute atomic E-state index is 12.4. The predicted molar refractivity (Wildman–Crippen MR) is 112 cm³/mol. The second-order valence-electron chi connectivity index (χ2n) is 6.92. The first-order valence-electron chi connectivity index (χ1n) is 9.31. The number of nitrogens with zero attached hydrogens (tertiary/aromatic N) is 3. The van der Waals surface area contributed by atoms with Crippen LogP contribution in [0.2, 0.25) is 5.02 Å². The molecule has 1 aromatic heterocycles. The Hall–Kier alpha value is -2.31. The largest absolute Gasteiger partial charge is 0.352 e. The molecule has 1 saturated carbocycles. The van der Waals surface area contributed by atoms with Crippen molar-refractivity contribution in [3.63, 3.8) is 0 Å². The Labute approximate surface area is 173 Å². The van der Waals surface area contributed by atoms with E-state index in [9.17, 15) is 4.79 Å². The summed E-state index contributed by atoms with van der Waals surface area (Å²) in [7, 11) is 0. The zero-order chi connectivity index (χ0) is 19.5. The first-order chi connectivity index (χ1) is 13.6. The molecule has 1 fully saturated rings. The fourth-order valence-corrected chi connectivity index (χ4v) is 3.90. The van der Waals surface area contributed by atoms with Crippen molar-refractivity contribution < 1.29 is 4.79 Å². The Kier molecular flexibility index (Phi) is 5.69. The van der Waals surface area contributed by atoms with Crippen LogP contribution in [0, 0.1) is 0 Å². The zero-order valence-electron chi connectivity index (χ0n) is 15.5. The maximum atomic E-state index is 12.4. The Morgan fingerprint density at radius 1 is 1.18 bits per heavy atom. The topological polar surface area (TPSA) is 59.8 Å². The van der Waals surface area contributed by atoms with Gasteiger partial charge in [0.25, 0.3) is 0 Å². The summed E-state index contributed by atoms with van der Waals surface area (Å²) < 4.78 is 2.01. The molecule has 7 heteroatoms. The quantitative estimate of drug-likeness (QED) is 0.588. The van der Waals surface area contributed by atoms with Crippen LogP contribution in [0.3, 0.4) is 0 Å². The number of thioether (sulfide) groups is 1. The van der Waals surface area contributed by atoms with Crippen LogP contribution in [0.5, 0.6) is 0 Å². The smallest absolute Gasteiger partial charge is 0.233 e. The molecule has 1 heterocycles. The normalized spacial score (nSPS) is 14.6. The van der Waals surface area contributed by atoms with Gasteiger partial charge in [0, 0.05) is 23.2 Å². The third-order valence-electron chi connectivity index (χ3n) is 4.57. The molecular weight excluding hydrogens is 392 g/mol. The number of amides is 1. The third kappa shape index (κ3) is 4.56. The molecule has 0 spiro atoms. The van der Waals surface area contributed by atoms with E-state index < -0.39 is 0 Å². The SMILES string of the molecule is CC(Sc1nnc(Cc2ccccc2)n1-c1ccc(Cl)cc1)C(=O)NC1CC1. The Morgan fingerprint density at radius 3 is 2.57 bits per heavy atom. The van der Waals surface area contributed by atoms with Crippen molar-refractivity contribution in [1.82, 2.24) is 20.1 Å². The summed E-state index contributed by atoms with van der Waals surface area (Å²) in [6.07, 6.45) is 2.80. The van der Waals surface area contributed by atoms with Gasteiger partial charge < -0.3 is 5.32 Å². The summed E-state index contributed by atoms with van der Waals surface area (Å²) in [4.78, 5) is 12.4. The fraction of sp³-hybridized carbons (Fsp3) is 0.286. The molecule has 0 aliphatic heterocycles. The van der Waals surface area contributed by atoms with Gasteiger partial charge in [-0.1, -0.05) is 53.7 Å². The second kappa shape index (κ2) is 8.37. The van der Waals surface area contributed by atoms with E-state index in [-0.39, 0.29) is 11.2 Å². The lowest BCUT2D eigenvalue weighted by Gasteiger charge is -2.14. The molecule has 1 atom stereocenters. The molecule has 2 aromatic carbocycles. The number of carbonyl (C=O) groups excluding carboxylic acids is 1. The third-order valence-corrected chi connectivity index (χ3v) is 5.86. The number of carbonyl (C=O) groups is 1. The van der Waals surface area contributed by atoms with Gasteiger partial charge in [0.2, 0.25) is 5.91 Å². The number of hydrogen-bond donors (Lipinski definition) is 1. The summed E-state index contributed by atoms with van der Waals surface area (Å²) >= 11 is 7.49. The molecule has 5 nitrogen and oxygen atoms in total. The number of aromatic nitrogens is 3. The van der Waals surface area contributed by atoms with Gasteiger partial charge in [0.1, 0.15) is 5.82 Å². The van der Waals surface area contributed by atoms with E-state index in [1.54, 1.807) is 0 Å². The highest BCUT2D eigenvalue weighted by atomic mass is 35.5. The van der Waals surface area contributed by atoms with Crippen LogP contribution in [0.4, 0.5) is 0 Å². The van der Waals surface area contributed by atoms with Gasteiger partial charge in [-0.15, -0.1) is 10.2 Å². The molecule has 1 aliphatic carbocycles. The summed E-state index contributed by atoms with van der Waals surface area (Å²) in [5, 5.41) is 13.0. The van der Waals surface area contributed by atoms with Crippen LogP contribution >= 0.6 is 23.4 Å². The molecule has 1 unspecified atom stereocenters. The number of halogens is 1. The number of rotatable bonds is 7. The van der Waals surface area contributed by atoms with E-state index in [0.717, 1.165) is 29.9 Å². The minimum absolute atomic E-state index is 0.0442. The van der Waals surface area contributed by atoms with Crippen molar-refractivity contribution in [3.8, 4) is 5.69 Å². The van der Waals surface area contributed by atoms with E-state index >= 15 is 0 Å². The Morgan fingerprint density at radius 2 is 1.89 bits per heavy atom. The van der Waals surface area contributed by atoms with Gasteiger partial charge in [-0.25, -0.2) is 0 Å². The predicted octanol–water partition coefficient (Wildman–Crippen LogP) is 4.27. The van der Waals surface area contributed by atoms with Gasteiger partial charge >= 0.3 is 0 Å². The number of benzene rings is 2. The number of hydrogen-bond acceptors (Lipinski definition) is 4. The molecule has 1 amide bonds. The van der Waals surface area contributed by atoms with Crippen LogP contribution in [0.1, 0.15) is 31.2 Å². The van der Waals surface area contributed by atoms with Gasteiger partial charge in [0.15, 0.2) is 5.16 Å². The Bertz CT molecular complexity index is 954. The average Bonchev–Trinajstić information content (AvgIpc) is 3.44. The lowest BCUT2D eigenvalue weighted by molar-refractivity contribution is -0.120. The molecule has 3 aromatic rings. The maximum Gasteiger partial charge on any atom is 0.233 e. The van der Waals surface area contributed by atoms with Crippen LogP contribution < -0.4 is 5.32 Å². The molecule has 1 aliphatic rings. The average molecular weight is 413 g/mol.